The van der Waals surface area contributed by atoms with E-state index in [1.807, 2.05) is 30.3 Å². The van der Waals surface area contributed by atoms with Gasteiger partial charge in [0.2, 0.25) is 0 Å². The van der Waals surface area contributed by atoms with E-state index in [9.17, 15) is 14.9 Å². The number of nitrogens with zero attached hydrogens (tertiary/aromatic N) is 1. The number of non-ortho nitro benzene ring substituents is 1. The summed E-state index contributed by atoms with van der Waals surface area (Å²) in [5.74, 6) is -0.151. The second-order valence-corrected chi connectivity index (χ2v) is 4.93. The Kier molecular flexibility index (Phi) is 2.57. The lowest BCUT2D eigenvalue weighted by Crippen LogP contribution is -2.34. The minimum Gasteiger partial charge on any atom is -0.368 e. The number of nitrogens with one attached hydrogen (secondary N) is 1. The summed E-state index contributed by atoms with van der Waals surface area (Å²) in [5.41, 5.74) is 0.885. The molecule has 0 spiro atoms. The first kappa shape index (κ1) is 12.3. The van der Waals surface area contributed by atoms with Gasteiger partial charge in [-0.2, -0.15) is 0 Å². The molecule has 1 N–H and O–H groups in total. The summed E-state index contributed by atoms with van der Waals surface area (Å²) in [6, 6.07) is 13.6. The third-order valence-corrected chi connectivity index (χ3v) is 3.65. The topological polar surface area (TPSA) is 72.2 Å². The van der Waals surface area contributed by atoms with Gasteiger partial charge in [0.05, 0.1) is 10.5 Å². The van der Waals surface area contributed by atoms with Crippen molar-refractivity contribution in [1.82, 2.24) is 0 Å². The molecule has 1 heterocycles. The molecule has 5 nitrogen and oxygen atoms in total. The molecule has 1 aliphatic rings. The molecule has 0 aliphatic carbocycles. The Morgan fingerprint density at radius 3 is 2.50 bits per heavy atom. The van der Waals surface area contributed by atoms with Crippen LogP contribution in [0.4, 0.5) is 11.4 Å². The molecule has 0 saturated heterocycles. The molecule has 0 amide bonds. The molecule has 100 valence electrons. The Balaban J connectivity index is 2.09. The number of carbonyl (C=O) groups excluding carboxylic acids is 1. The minimum absolute atomic E-state index is 0.0730. The molecule has 2 aromatic carbocycles. The van der Waals surface area contributed by atoms with Crippen LogP contribution in [0.3, 0.4) is 0 Å². The zero-order chi connectivity index (χ0) is 14.3. The number of rotatable bonds is 2. The van der Waals surface area contributed by atoms with Crippen molar-refractivity contribution >= 4 is 17.2 Å². The minimum atomic E-state index is -0.876. The fraction of sp³-hybridized carbons (Fsp3) is 0.133. The van der Waals surface area contributed by atoms with Gasteiger partial charge in [-0.05, 0) is 18.6 Å². The van der Waals surface area contributed by atoms with Gasteiger partial charge in [0.25, 0.3) is 5.69 Å². The lowest BCUT2D eigenvalue weighted by molar-refractivity contribution is -0.384. The molecule has 1 atom stereocenters. The van der Waals surface area contributed by atoms with Crippen molar-refractivity contribution in [3.63, 3.8) is 0 Å². The summed E-state index contributed by atoms with van der Waals surface area (Å²) >= 11 is 0. The molecule has 0 aromatic heterocycles. The molecule has 5 heteroatoms. The first-order valence-corrected chi connectivity index (χ1v) is 6.19. The lowest BCUT2D eigenvalue weighted by atomic mass is 9.88. The number of nitro benzene ring substituents is 1. The molecule has 0 saturated carbocycles. The Hall–Kier alpha value is -2.69. The van der Waals surface area contributed by atoms with Crippen molar-refractivity contribution in [2.24, 2.45) is 0 Å². The van der Waals surface area contributed by atoms with Crippen LogP contribution in [0.5, 0.6) is 0 Å². The van der Waals surface area contributed by atoms with Crippen LogP contribution in [-0.4, -0.2) is 10.7 Å². The standard InChI is InChI=1S/C15H12N2O3/c1-15(10-5-3-2-4-6-10)14(18)12-9-11(17(19)20)7-8-13(12)16-15/h2-9,16H,1H3. The van der Waals surface area contributed by atoms with Crippen molar-refractivity contribution in [2.45, 2.75) is 12.5 Å². The van der Waals surface area contributed by atoms with E-state index in [1.54, 1.807) is 13.0 Å². The fourth-order valence-electron chi connectivity index (χ4n) is 2.51. The summed E-state index contributed by atoms with van der Waals surface area (Å²) < 4.78 is 0. The number of nitro groups is 1. The highest BCUT2D eigenvalue weighted by atomic mass is 16.6. The molecule has 1 unspecified atom stereocenters. The summed E-state index contributed by atoms with van der Waals surface area (Å²) in [5, 5.41) is 14.0. The second kappa shape index (κ2) is 4.16. The van der Waals surface area contributed by atoms with E-state index in [2.05, 4.69) is 5.32 Å². The molecule has 3 rings (SSSR count). The van der Waals surface area contributed by atoms with E-state index in [0.29, 0.717) is 11.3 Å². The van der Waals surface area contributed by atoms with Crippen LogP contribution in [0.25, 0.3) is 0 Å². The average Bonchev–Trinajstić information content (AvgIpc) is 2.72. The van der Waals surface area contributed by atoms with Gasteiger partial charge in [0.1, 0.15) is 5.54 Å². The number of hydrogen-bond acceptors (Lipinski definition) is 4. The second-order valence-electron chi connectivity index (χ2n) is 4.93. The third kappa shape index (κ3) is 1.67. The van der Waals surface area contributed by atoms with E-state index >= 15 is 0 Å². The predicted molar refractivity (Wildman–Crippen MR) is 74.8 cm³/mol. The van der Waals surface area contributed by atoms with Crippen LogP contribution < -0.4 is 5.32 Å². The van der Waals surface area contributed by atoms with Gasteiger partial charge in [0, 0.05) is 17.8 Å². The Labute approximate surface area is 115 Å². The van der Waals surface area contributed by atoms with E-state index in [1.165, 1.54) is 12.1 Å². The van der Waals surface area contributed by atoms with E-state index < -0.39 is 10.5 Å². The van der Waals surface area contributed by atoms with Crippen molar-refractivity contribution < 1.29 is 9.72 Å². The van der Waals surface area contributed by atoms with Crippen LogP contribution in [0.2, 0.25) is 0 Å². The molecular formula is C15H12N2O3. The number of hydrogen-bond donors (Lipinski definition) is 1. The SMILES string of the molecule is CC1(c2ccccc2)Nc2ccc([N+](=O)[O-])cc2C1=O. The highest BCUT2D eigenvalue weighted by Crippen LogP contribution is 2.40. The summed E-state index contributed by atoms with van der Waals surface area (Å²) in [6.45, 7) is 1.79. The Morgan fingerprint density at radius 2 is 1.85 bits per heavy atom. The van der Waals surface area contributed by atoms with Crippen LogP contribution in [0.15, 0.2) is 48.5 Å². The van der Waals surface area contributed by atoms with Gasteiger partial charge in [-0.15, -0.1) is 0 Å². The highest BCUT2D eigenvalue weighted by molar-refractivity contribution is 6.13. The zero-order valence-electron chi connectivity index (χ0n) is 10.8. The van der Waals surface area contributed by atoms with Gasteiger partial charge in [-0.1, -0.05) is 30.3 Å². The molecule has 1 aliphatic heterocycles. The van der Waals surface area contributed by atoms with Crippen LogP contribution in [-0.2, 0) is 5.54 Å². The number of anilines is 1. The van der Waals surface area contributed by atoms with Crippen molar-refractivity contribution in [3.8, 4) is 0 Å². The number of Topliss-reactive ketones (excluding diaryl/α,β-unsaturated/α-hetero) is 1. The summed E-state index contributed by atoms with van der Waals surface area (Å²) in [7, 11) is 0. The largest absolute Gasteiger partial charge is 0.368 e. The molecule has 2 aromatic rings. The molecule has 0 bridgehead atoms. The maximum absolute atomic E-state index is 12.6. The average molecular weight is 268 g/mol. The smallest absolute Gasteiger partial charge is 0.270 e. The number of carbonyl (C=O) groups is 1. The summed E-state index contributed by atoms with van der Waals surface area (Å²) in [4.78, 5) is 22.9. The van der Waals surface area contributed by atoms with Crippen LogP contribution in [0.1, 0.15) is 22.8 Å². The maximum atomic E-state index is 12.6. The van der Waals surface area contributed by atoms with Gasteiger partial charge >= 0.3 is 0 Å². The third-order valence-electron chi connectivity index (χ3n) is 3.65. The highest BCUT2D eigenvalue weighted by Gasteiger charge is 2.43. The molecular weight excluding hydrogens is 256 g/mol. The van der Waals surface area contributed by atoms with E-state index in [0.717, 1.165) is 5.56 Å². The number of benzene rings is 2. The monoisotopic (exact) mass is 268 g/mol. The van der Waals surface area contributed by atoms with E-state index in [4.69, 9.17) is 0 Å². The lowest BCUT2D eigenvalue weighted by Gasteiger charge is -2.23. The Bertz CT molecular complexity index is 712. The quantitative estimate of drug-likeness (QED) is 0.671. The maximum Gasteiger partial charge on any atom is 0.270 e. The predicted octanol–water partition coefficient (Wildman–Crippen LogP) is 3.12. The Morgan fingerprint density at radius 1 is 1.15 bits per heavy atom. The molecule has 0 radical (unpaired) electrons. The first-order chi connectivity index (χ1) is 9.52. The molecule has 20 heavy (non-hydrogen) atoms. The van der Waals surface area contributed by atoms with Gasteiger partial charge in [-0.3, -0.25) is 14.9 Å². The summed E-state index contributed by atoms with van der Waals surface area (Å²) in [6.07, 6.45) is 0. The van der Waals surface area contributed by atoms with Gasteiger partial charge < -0.3 is 5.32 Å². The van der Waals surface area contributed by atoms with E-state index in [-0.39, 0.29) is 11.5 Å². The normalized spacial score (nSPS) is 20.4. The van der Waals surface area contributed by atoms with Gasteiger partial charge in [-0.25, -0.2) is 0 Å². The van der Waals surface area contributed by atoms with Crippen LogP contribution >= 0.6 is 0 Å². The van der Waals surface area contributed by atoms with Crippen molar-refractivity contribution in [3.05, 3.63) is 69.8 Å². The first-order valence-electron chi connectivity index (χ1n) is 6.19. The van der Waals surface area contributed by atoms with Crippen molar-refractivity contribution in [1.29, 1.82) is 0 Å². The zero-order valence-corrected chi connectivity index (χ0v) is 10.8. The van der Waals surface area contributed by atoms with Crippen molar-refractivity contribution in [2.75, 3.05) is 5.32 Å². The fourth-order valence-corrected chi connectivity index (χ4v) is 2.51. The number of fused-ring (bicyclic) bond motifs is 1. The van der Waals surface area contributed by atoms with Gasteiger partial charge in [0.15, 0.2) is 5.78 Å². The van der Waals surface area contributed by atoms with Crippen LogP contribution in [0, 0.1) is 10.1 Å². The number of ketones is 1. The molecule has 0 fully saturated rings.